The van der Waals surface area contributed by atoms with Gasteiger partial charge >= 0.3 is 0 Å². The normalized spacial score (nSPS) is 15.1. The molecule has 0 rings (SSSR count). The summed E-state index contributed by atoms with van der Waals surface area (Å²) in [5.74, 6) is -1.73. The zero-order valence-corrected chi connectivity index (χ0v) is 13.7. The summed E-state index contributed by atoms with van der Waals surface area (Å²) in [6.45, 7) is 3.79. The Hall–Kier alpha value is -2.47. The summed E-state index contributed by atoms with van der Waals surface area (Å²) in [5, 5.41) is 20.5. The van der Waals surface area contributed by atoms with E-state index < -0.39 is 28.9 Å². The number of guanidine groups is 1. The highest BCUT2D eigenvalue weighted by molar-refractivity contribution is 5.89. The fourth-order valence-corrected chi connectivity index (χ4v) is 1.75. The second-order valence-corrected chi connectivity index (χ2v) is 5.23. The first kappa shape index (κ1) is 21.5. The summed E-state index contributed by atoms with van der Waals surface area (Å²) >= 11 is 0. The maximum atomic E-state index is 12.0. The summed E-state index contributed by atoms with van der Waals surface area (Å²) in [6.07, 6.45) is 1.13. The van der Waals surface area contributed by atoms with Crippen LogP contribution in [0.3, 0.4) is 0 Å². The number of hydrogen-bond acceptors (Lipinski definition) is 7. The van der Waals surface area contributed by atoms with Crippen LogP contribution in [0.5, 0.6) is 0 Å². The lowest BCUT2D eigenvalue weighted by Crippen LogP contribution is -2.52. The number of amides is 2. The van der Waals surface area contributed by atoms with Gasteiger partial charge in [-0.3, -0.25) is 14.8 Å². The van der Waals surface area contributed by atoms with E-state index in [4.69, 9.17) is 16.7 Å². The molecular weight excluding hydrogens is 322 g/mol. The van der Waals surface area contributed by atoms with E-state index in [1.165, 1.54) is 5.48 Å². The molecule has 0 aromatic carbocycles. The van der Waals surface area contributed by atoms with E-state index in [9.17, 15) is 19.7 Å². The lowest BCUT2D eigenvalue weighted by molar-refractivity contribution is -0.525. The van der Waals surface area contributed by atoms with Crippen molar-refractivity contribution < 1.29 is 19.8 Å². The van der Waals surface area contributed by atoms with Gasteiger partial charge in [0.05, 0.1) is 6.04 Å². The molecule has 0 saturated carbocycles. The highest BCUT2D eigenvalue weighted by Crippen LogP contribution is 2.06. The van der Waals surface area contributed by atoms with Crippen molar-refractivity contribution in [3.63, 3.8) is 0 Å². The second-order valence-electron chi connectivity index (χ2n) is 5.23. The Balaban J connectivity index is 4.56. The lowest BCUT2D eigenvalue weighted by atomic mass is 9.99. The van der Waals surface area contributed by atoms with Gasteiger partial charge in [-0.05, 0) is 18.8 Å². The molecule has 0 aliphatic rings. The van der Waals surface area contributed by atoms with Crippen LogP contribution in [-0.2, 0) is 9.59 Å². The molecule has 0 heterocycles. The van der Waals surface area contributed by atoms with Crippen LogP contribution in [0.4, 0.5) is 0 Å². The Morgan fingerprint density at radius 3 is 2.50 bits per heavy atom. The molecular formula is C12H25N7O5. The minimum absolute atomic E-state index is 0.0690. The Morgan fingerprint density at radius 1 is 1.38 bits per heavy atom. The maximum Gasteiger partial charge on any atom is 0.265 e. The van der Waals surface area contributed by atoms with E-state index in [2.05, 4.69) is 10.3 Å². The topological polar surface area (TPSA) is 198 Å². The molecule has 3 atom stereocenters. The summed E-state index contributed by atoms with van der Waals surface area (Å²) in [6, 6.07) is -1.78. The van der Waals surface area contributed by atoms with Gasteiger partial charge in [0, 0.05) is 6.54 Å². The van der Waals surface area contributed by atoms with Gasteiger partial charge < -0.3 is 16.8 Å². The molecule has 138 valence electrons. The number of nitrogens with one attached hydrogen (secondary N) is 3. The first-order chi connectivity index (χ1) is 11.2. The van der Waals surface area contributed by atoms with Crippen molar-refractivity contribution in [3.05, 3.63) is 10.1 Å². The molecule has 12 heteroatoms. The number of aliphatic imine (C=N–C) groups is 1. The molecule has 0 aliphatic carbocycles. The number of nitrogens with zero attached hydrogens (tertiary/aromatic N) is 2. The first-order valence-corrected chi connectivity index (χ1v) is 7.43. The van der Waals surface area contributed by atoms with Crippen LogP contribution in [-0.4, -0.2) is 46.6 Å². The zero-order valence-electron chi connectivity index (χ0n) is 13.7. The van der Waals surface area contributed by atoms with Gasteiger partial charge in [0.15, 0.2) is 5.03 Å². The molecule has 2 unspecified atom stereocenters. The molecule has 8 N–H and O–H groups in total. The van der Waals surface area contributed by atoms with Crippen LogP contribution in [0.1, 0.15) is 33.1 Å². The fourth-order valence-electron chi connectivity index (χ4n) is 1.75. The predicted octanol–water partition coefficient (Wildman–Crippen LogP) is -1.77. The molecule has 2 amide bonds. The molecule has 0 saturated heterocycles. The van der Waals surface area contributed by atoms with Gasteiger partial charge in [-0.1, -0.05) is 25.7 Å². The maximum absolute atomic E-state index is 12.0. The van der Waals surface area contributed by atoms with Gasteiger partial charge in [-0.15, -0.1) is 0 Å². The number of nitro groups is 1. The van der Waals surface area contributed by atoms with Crippen molar-refractivity contribution in [2.75, 3.05) is 6.54 Å². The molecule has 0 aromatic heterocycles. The molecule has 0 aliphatic heterocycles. The van der Waals surface area contributed by atoms with Crippen LogP contribution in [0, 0.1) is 16.0 Å². The average Bonchev–Trinajstić information content (AvgIpc) is 2.54. The van der Waals surface area contributed by atoms with E-state index >= 15 is 0 Å². The molecule has 12 nitrogen and oxygen atoms in total. The van der Waals surface area contributed by atoms with E-state index in [1.807, 2.05) is 13.8 Å². The summed E-state index contributed by atoms with van der Waals surface area (Å²) in [5.41, 5.74) is 14.2. The van der Waals surface area contributed by atoms with Crippen molar-refractivity contribution in [1.82, 2.24) is 16.2 Å². The minimum atomic E-state index is -1.00. The smallest absolute Gasteiger partial charge is 0.265 e. The van der Waals surface area contributed by atoms with Crippen molar-refractivity contribution in [2.45, 2.75) is 45.2 Å². The highest BCUT2D eigenvalue weighted by atomic mass is 16.7. The first-order valence-electron chi connectivity index (χ1n) is 7.43. The Kier molecular flexibility index (Phi) is 9.98. The Morgan fingerprint density at radius 2 is 2.00 bits per heavy atom. The third kappa shape index (κ3) is 8.24. The number of hydroxylamine groups is 1. The van der Waals surface area contributed by atoms with Crippen LogP contribution >= 0.6 is 0 Å². The van der Waals surface area contributed by atoms with Crippen LogP contribution in [0.2, 0.25) is 0 Å². The summed E-state index contributed by atoms with van der Waals surface area (Å²) in [7, 11) is 0. The Bertz CT molecular complexity index is 471. The van der Waals surface area contributed by atoms with Crippen molar-refractivity contribution in [3.8, 4) is 0 Å². The molecule has 0 spiro atoms. The van der Waals surface area contributed by atoms with Gasteiger partial charge in [0.25, 0.3) is 11.9 Å². The van der Waals surface area contributed by atoms with Gasteiger partial charge in [0.1, 0.15) is 6.04 Å². The zero-order chi connectivity index (χ0) is 18.7. The SMILES string of the molecule is CCC(C)C(N)C(=O)N[C@@H](CCCN=C(N)N[N+](=O)[O-])C(=O)NO. The number of hydrogen-bond donors (Lipinski definition) is 6. The fraction of sp³-hybridized carbons (Fsp3) is 0.750. The summed E-state index contributed by atoms with van der Waals surface area (Å²) < 4.78 is 0. The lowest BCUT2D eigenvalue weighted by Gasteiger charge is -2.22. The van der Waals surface area contributed by atoms with Gasteiger partial charge in [-0.2, -0.15) is 0 Å². The number of rotatable bonds is 10. The molecule has 0 bridgehead atoms. The molecule has 0 radical (unpaired) electrons. The van der Waals surface area contributed by atoms with E-state index in [0.717, 1.165) is 0 Å². The standard InChI is InChI=1S/C12H25N7O5/c1-3-7(2)9(13)11(21)16-8(10(20)18-22)5-4-6-15-12(14)17-19(23)24/h7-9,22H,3-6,13H2,1-2H3,(H,16,21)(H,18,20)(H3,14,15,17)/t7?,8-,9?/m0/s1. The van der Waals surface area contributed by atoms with E-state index in [-0.39, 0.29) is 31.3 Å². The highest BCUT2D eigenvalue weighted by Gasteiger charge is 2.25. The van der Waals surface area contributed by atoms with Gasteiger partial charge in [0.2, 0.25) is 5.91 Å². The Labute approximate surface area is 139 Å². The number of carbonyl (C=O) groups excluding carboxylic acids is 2. The van der Waals surface area contributed by atoms with Crippen molar-refractivity contribution in [2.24, 2.45) is 22.4 Å². The monoisotopic (exact) mass is 347 g/mol. The number of carbonyl (C=O) groups is 2. The number of nitrogens with two attached hydrogens (primary N) is 2. The van der Waals surface area contributed by atoms with E-state index in [1.54, 1.807) is 5.43 Å². The third-order valence-electron chi connectivity index (χ3n) is 3.44. The van der Waals surface area contributed by atoms with Crippen LogP contribution in [0.15, 0.2) is 4.99 Å². The largest absolute Gasteiger partial charge is 0.365 e. The van der Waals surface area contributed by atoms with Crippen LogP contribution in [0.25, 0.3) is 0 Å². The predicted molar refractivity (Wildman–Crippen MR) is 85.1 cm³/mol. The third-order valence-corrected chi connectivity index (χ3v) is 3.44. The molecule has 0 fully saturated rings. The van der Waals surface area contributed by atoms with Crippen molar-refractivity contribution in [1.29, 1.82) is 0 Å². The van der Waals surface area contributed by atoms with Crippen molar-refractivity contribution >= 4 is 17.8 Å². The second kappa shape index (κ2) is 11.1. The molecule has 24 heavy (non-hydrogen) atoms. The van der Waals surface area contributed by atoms with E-state index in [0.29, 0.717) is 6.42 Å². The minimum Gasteiger partial charge on any atom is -0.365 e. The number of hydrazine groups is 1. The summed E-state index contributed by atoms with van der Waals surface area (Å²) in [4.78, 5) is 37.4. The average molecular weight is 347 g/mol. The van der Waals surface area contributed by atoms with Gasteiger partial charge in [-0.25, -0.2) is 20.6 Å². The quantitative estimate of drug-likeness (QED) is 0.0665. The molecule has 0 aromatic rings. The van der Waals surface area contributed by atoms with Crippen LogP contribution < -0.4 is 27.7 Å².